The summed E-state index contributed by atoms with van der Waals surface area (Å²) in [5, 5.41) is 10.9. The van der Waals surface area contributed by atoms with Crippen LogP contribution in [0.25, 0.3) is 11.5 Å². The van der Waals surface area contributed by atoms with Crippen molar-refractivity contribution in [1.29, 1.82) is 0 Å². The van der Waals surface area contributed by atoms with Crippen LogP contribution in [0.4, 0.5) is 24.5 Å². The van der Waals surface area contributed by atoms with Crippen LogP contribution in [0.5, 0.6) is 0 Å². The molecule has 0 saturated heterocycles. The van der Waals surface area contributed by atoms with E-state index >= 15 is 0 Å². The Balaban J connectivity index is 1.68. The molecular formula is C23H25F3N4O. The van der Waals surface area contributed by atoms with Crippen LogP contribution < -0.4 is 11.1 Å². The van der Waals surface area contributed by atoms with Crippen molar-refractivity contribution in [3.63, 3.8) is 0 Å². The Hall–Kier alpha value is -2.87. The first-order valence-corrected chi connectivity index (χ1v) is 10.6. The lowest BCUT2D eigenvalue weighted by Gasteiger charge is -2.13. The molecule has 3 aromatic rings. The maximum atomic E-state index is 14.7. The SMILES string of the molecule is CCc1ccc(Nc2c(-c3nnc(C(CCN)CC4CC4)o3)ccc(F)c2F)c(F)c1. The van der Waals surface area contributed by atoms with Crippen LogP contribution >= 0.6 is 0 Å². The minimum atomic E-state index is -1.15. The summed E-state index contributed by atoms with van der Waals surface area (Å²) in [6.45, 7) is 2.39. The lowest BCUT2D eigenvalue weighted by atomic mass is 9.98. The summed E-state index contributed by atoms with van der Waals surface area (Å²) in [5.41, 5.74) is 6.47. The van der Waals surface area contributed by atoms with Crippen molar-refractivity contribution in [3.05, 3.63) is 59.2 Å². The fourth-order valence-corrected chi connectivity index (χ4v) is 3.67. The summed E-state index contributed by atoms with van der Waals surface area (Å²) < 4.78 is 49.0. The minimum absolute atomic E-state index is 0.0254. The van der Waals surface area contributed by atoms with E-state index < -0.39 is 17.5 Å². The lowest BCUT2D eigenvalue weighted by Crippen LogP contribution is -2.08. The predicted octanol–water partition coefficient (Wildman–Crippen LogP) is 5.69. The fraction of sp³-hybridized carbons (Fsp3) is 0.391. The molecule has 1 saturated carbocycles. The van der Waals surface area contributed by atoms with Crippen LogP contribution in [-0.4, -0.2) is 16.7 Å². The molecular weight excluding hydrogens is 405 g/mol. The number of hydrogen-bond acceptors (Lipinski definition) is 5. The van der Waals surface area contributed by atoms with Gasteiger partial charge in [-0.05, 0) is 61.6 Å². The molecule has 0 bridgehead atoms. The van der Waals surface area contributed by atoms with Gasteiger partial charge >= 0.3 is 0 Å². The zero-order valence-corrected chi connectivity index (χ0v) is 17.3. The van der Waals surface area contributed by atoms with Crippen molar-refractivity contribution in [2.75, 3.05) is 11.9 Å². The number of rotatable bonds is 9. The molecule has 5 nitrogen and oxygen atoms in total. The maximum absolute atomic E-state index is 14.7. The average Bonchev–Trinajstić information content (AvgIpc) is 3.45. The van der Waals surface area contributed by atoms with Gasteiger partial charge in [-0.2, -0.15) is 0 Å². The Labute approximate surface area is 178 Å². The van der Waals surface area contributed by atoms with Crippen molar-refractivity contribution in [2.24, 2.45) is 11.7 Å². The Kier molecular flexibility index (Phi) is 6.27. The molecule has 3 N–H and O–H groups in total. The molecule has 2 aromatic carbocycles. The van der Waals surface area contributed by atoms with Gasteiger partial charge in [0.05, 0.1) is 16.9 Å². The molecule has 0 amide bonds. The van der Waals surface area contributed by atoms with E-state index in [9.17, 15) is 13.2 Å². The third kappa shape index (κ3) is 4.74. The second kappa shape index (κ2) is 9.09. The van der Waals surface area contributed by atoms with Crippen molar-refractivity contribution in [2.45, 2.75) is 44.9 Å². The van der Waals surface area contributed by atoms with Gasteiger partial charge in [-0.3, -0.25) is 0 Å². The van der Waals surface area contributed by atoms with Gasteiger partial charge in [-0.25, -0.2) is 13.2 Å². The van der Waals surface area contributed by atoms with E-state index in [1.807, 2.05) is 6.92 Å². The second-order valence-corrected chi connectivity index (χ2v) is 7.98. The molecule has 0 radical (unpaired) electrons. The highest BCUT2D eigenvalue weighted by Gasteiger charge is 2.29. The van der Waals surface area contributed by atoms with E-state index in [-0.39, 0.29) is 28.7 Å². The predicted molar refractivity (Wildman–Crippen MR) is 112 cm³/mol. The van der Waals surface area contributed by atoms with Crippen molar-refractivity contribution in [3.8, 4) is 11.5 Å². The van der Waals surface area contributed by atoms with Crippen LogP contribution in [0.2, 0.25) is 0 Å². The van der Waals surface area contributed by atoms with Crippen LogP contribution in [0.1, 0.15) is 50.0 Å². The normalized spacial score (nSPS) is 14.6. The molecule has 1 heterocycles. The number of hydrogen-bond donors (Lipinski definition) is 2. The Morgan fingerprint density at radius 3 is 2.61 bits per heavy atom. The molecule has 1 aliphatic rings. The number of aryl methyl sites for hydroxylation is 1. The Morgan fingerprint density at radius 1 is 1.13 bits per heavy atom. The first-order chi connectivity index (χ1) is 15.0. The molecule has 31 heavy (non-hydrogen) atoms. The van der Waals surface area contributed by atoms with Gasteiger partial charge in [0.2, 0.25) is 11.8 Å². The standard InChI is InChI=1S/C23H25F3N4O/c1-2-13-5-8-19(18(25)12-13)28-21-16(6-7-17(24)20(21)26)23-30-29-22(31-23)15(9-10-27)11-14-3-4-14/h5-8,12,14-15,28H,2-4,9-11,27H2,1H3. The number of nitrogens with zero attached hydrogens (tertiary/aromatic N) is 2. The van der Waals surface area contributed by atoms with E-state index in [0.717, 1.165) is 18.1 Å². The van der Waals surface area contributed by atoms with E-state index in [0.29, 0.717) is 31.2 Å². The van der Waals surface area contributed by atoms with Gasteiger partial charge in [-0.1, -0.05) is 25.8 Å². The molecule has 1 fully saturated rings. The molecule has 1 atom stereocenters. The zero-order chi connectivity index (χ0) is 22.0. The van der Waals surface area contributed by atoms with Crippen LogP contribution in [0, 0.1) is 23.4 Å². The molecule has 0 aliphatic heterocycles. The smallest absolute Gasteiger partial charge is 0.249 e. The highest BCUT2D eigenvalue weighted by atomic mass is 19.2. The van der Waals surface area contributed by atoms with Crippen molar-refractivity contribution in [1.82, 2.24) is 10.2 Å². The van der Waals surface area contributed by atoms with Gasteiger partial charge in [0, 0.05) is 5.92 Å². The fourth-order valence-electron chi connectivity index (χ4n) is 3.67. The Bertz CT molecular complexity index is 1060. The monoisotopic (exact) mass is 430 g/mol. The quantitative estimate of drug-likeness (QED) is 0.456. The molecule has 1 unspecified atom stereocenters. The van der Waals surface area contributed by atoms with E-state index in [2.05, 4.69) is 15.5 Å². The van der Waals surface area contributed by atoms with Crippen molar-refractivity contribution < 1.29 is 17.6 Å². The summed E-state index contributed by atoms with van der Waals surface area (Å²) in [6.07, 6.45) is 4.64. The van der Waals surface area contributed by atoms with Crippen molar-refractivity contribution >= 4 is 11.4 Å². The van der Waals surface area contributed by atoms with Gasteiger partial charge < -0.3 is 15.5 Å². The number of nitrogens with two attached hydrogens (primary N) is 1. The van der Waals surface area contributed by atoms with E-state index in [1.165, 1.54) is 31.0 Å². The summed E-state index contributed by atoms with van der Waals surface area (Å²) in [5.74, 6) is -1.63. The molecule has 1 aromatic heterocycles. The molecule has 0 spiro atoms. The van der Waals surface area contributed by atoms with E-state index in [1.54, 1.807) is 6.07 Å². The number of aromatic nitrogens is 2. The average molecular weight is 430 g/mol. The molecule has 164 valence electrons. The van der Waals surface area contributed by atoms with Crippen LogP contribution in [0.15, 0.2) is 34.7 Å². The number of nitrogens with one attached hydrogen (secondary N) is 1. The third-order valence-electron chi connectivity index (χ3n) is 5.65. The van der Waals surface area contributed by atoms with E-state index in [4.69, 9.17) is 10.2 Å². The maximum Gasteiger partial charge on any atom is 0.249 e. The summed E-state index contributed by atoms with van der Waals surface area (Å²) in [7, 11) is 0. The number of anilines is 2. The van der Waals surface area contributed by atoms with Gasteiger partial charge in [0.25, 0.3) is 0 Å². The summed E-state index contributed by atoms with van der Waals surface area (Å²) in [6, 6.07) is 6.91. The van der Waals surface area contributed by atoms with Crippen LogP contribution in [-0.2, 0) is 6.42 Å². The largest absolute Gasteiger partial charge is 0.420 e. The second-order valence-electron chi connectivity index (χ2n) is 7.98. The lowest BCUT2D eigenvalue weighted by molar-refractivity contribution is 0.412. The highest BCUT2D eigenvalue weighted by molar-refractivity contribution is 5.77. The van der Waals surface area contributed by atoms with Gasteiger partial charge in [0.15, 0.2) is 11.6 Å². The number of halogens is 3. The van der Waals surface area contributed by atoms with Gasteiger partial charge in [-0.15, -0.1) is 10.2 Å². The highest BCUT2D eigenvalue weighted by Crippen LogP contribution is 2.41. The Morgan fingerprint density at radius 2 is 1.94 bits per heavy atom. The molecule has 4 rings (SSSR count). The minimum Gasteiger partial charge on any atom is -0.420 e. The molecule has 8 heteroatoms. The summed E-state index contributed by atoms with van der Waals surface area (Å²) >= 11 is 0. The third-order valence-corrected chi connectivity index (χ3v) is 5.65. The summed E-state index contributed by atoms with van der Waals surface area (Å²) in [4.78, 5) is 0. The van der Waals surface area contributed by atoms with Crippen LogP contribution in [0.3, 0.4) is 0 Å². The first-order valence-electron chi connectivity index (χ1n) is 10.6. The first kappa shape index (κ1) is 21.4. The zero-order valence-electron chi connectivity index (χ0n) is 17.3. The van der Waals surface area contributed by atoms with Gasteiger partial charge in [0.1, 0.15) is 5.82 Å². The topological polar surface area (TPSA) is 77.0 Å². The number of benzene rings is 2. The molecule has 1 aliphatic carbocycles.